The van der Waals surface area contributed by atoms with E-state index in [0.29, 0.717) is 17.1 Å². The van der Waals surface area contributed by atoms with Crippen LogP contribution in [0, 0.1) is 0 Å². The zero-order chi connectivity index (χ0) is 20.4. The van der Waals surface area contributed by atoms with Crippen molar-refractivity contribution in [2.75, 3.05) is 5.73 Å². The number of amides is 1. The number of carbonyl (C=O) groups is 1. The van der Waals surface area contributed by atoms with Gasteiger partial charge in [0.15, 0.2) is 5.65 Å². The molecule has 0 bridgehead atoms. The summed E-state index contributed by atoms with van der Waals surface area (Å²) in [5, 5.41) is 9.04. The van der Waals surface area contributed by atoms with Crippen molar-refractivity contribution in [3.8, 4) is 16.9 Å². The Morgan fingerprint density at radius 2 is 2.10 bits per heavy atom. The highest BCUT2D eigenvalue weighted by Crippen LogP contribution is 2.26. The largest absolute Gasteiger partial charge is 0.491 e. The zero-order valence-electron chi connectivity index (χ0n) is 16.1. The topological polar surface area (TPSA) is 94.5 Å². The van der Waals surface area contributed by atoms with E-state index < -0.39 is 0 Å². The SMILES string of the molecule is CC(C)Oc1cccc(CNC(=O)c2cc(-c3ccc4nc(N)nn4c3)cs2)c1. The summed E-state index contributed by atoms with van der Waals surface area (Å²) in [6.07, 6.45) is 1.96. The molecule has 0 atom stereocenters. The molecule has 0 saturated heterocycles. The number of carbonyl (C=O) groups excluding carboxylic acids is 1. The second-order valence-electron chi connectivity index (χ2n) is 6.89. The number of pyridine rings is 1. The van der Waals surface area contributed by atoms with Crippen LogP contribution in [0.25, 0.3) is 16.8 Å². The molecule has 3 aromatic heterocycles. The number of hydrogen-bond donors (Lipinski definition) is 2. The Morgan fingerprint density at radius 1 is 1.24 bits per heavy atom. The van der Waals surface area contributed by atoms with Crippen LogP contribution in [0.3, 0.4) is 0 Å². The first kappa shape index (κ1) is 18.9. The average Bonchev–Trinajstić information content (AvgIpc) is 3.31. The standard InChI is InChI=1S/C21H21N5O2S/c1-13(2)28-17-5-3-4-14(8-17)10-23-20(27)18-9-16(12-29-18)15-6-7-19-24-21(22)25-26(19)11-15/h3-9,11-13H,10H2,1-2H3,(H2,22,25)(H,23,27). The quantitative estimate of drug-likeness (QED) is 0.507. The van der Waals surface area contributed by atoms with Gasteiger partial charge < -0.3 is 15.8 Å². The molecule has 1 aromatic carbocycles. The van der Waals surface area contributed by atoms with Gasteiger partial charge in [-0.05, 0) is 60.7 Å². The highest BCUT2D eigenvalue weighted by Gasteiger charge is 2.11. The van der Waals surface area contributed by atoms with E-state index in [0.717, 1.165) is 22.4 Å². The predicted molar refractivity (Wildman–Crippen MR) is 114 cm³/mol. The highest BCUT2D eigenvalue weighted by atomic mass is 32.1. The van der Waals surface area contributed by atoms with Gasteiger partial charge in [0.25, 0.3) is 5.91 Å². The molecule has 0 aliphatic rings. The maximum atomic E-state index is 12.6. The lowest BCUT2D eigenvalue weighted by Gasteiger charge is -2.11. The first-order chi connectivity index (χ1) is 14.0. The second-order valence-corrected chi connectivity index (χ2v) is 7.80. The summed E-state index contributed by atoms with van der Waals surface area (Å²) in [5.41, 5.74) is 9.20. The Kier molecular flexibility index (Phi) is 5.18. The number of benzene rings is 1. The van der Waals surface area contributed by atoms with Crippen molar-refractivity contribution in [2.24, 2.45) is 0 Å². The number of nitrogens with one attached hydrogen (secondary N) is 1. The summed E-state index contributed by atoms with van der Waals surface area (Å²) >= 11 is 1.40. The van der Waals surface area contributed by atoms with E-state index in [1.54, 1.807) is 4.52 Å². The van der Waals surface area contributed by atoms with E-state index >= 15 is 0 Å². The fourth-order valence-corrected chi connectivity index (χ4v) is 3.78. The van der Waals surface area contributed by atoms with Crippen molar-refractivity contribution in [1.29, 1.82) is 0 Å². The third kappa shape index (κ3) is 4.38. The minimum absolute atomic E-state index is 0.109. The smallest absolute Gasteiger partial charge is 0.261 e. The fourth-order valence-electron chi connectivity index (χ4n) is 2.95. The lowest BCUT2D eigenvalue weighted by atomic mass is 10.1. The van der Waals surface area contributed by atoms with Crippen LogP contribution in [0.1, 0.15) is 29.1 Å². The lowest BCUT2D eigenvalue weighted by Crippen LogP contribution is -2.21. The molecule has 29 heavy (non-hydrogen) atoms. The van der Waals surface area contributed by atoms with Crippen molar-refractivity contribution >= 4 is 28.8 Å². The van der Waals surface area contributed by atoms with E-state index in [4.69, 9.17) is 10.5 Å². The molecule has 3 heterocycles. The molecule has 0 saturated carbocycles. The number of hydrogen-bond acceptors (Lipinski definition) is 6. The molecule has 7 nitrogen and oxygen atoms in total. The van der Waals surface area contributed by atoms with Gasteiger partial charge in [0.2, 0.25) is 5.95 Å². The van der Waals surface area contributed by atoms with Gasteiger partial charge in [-0.1, -0.05) is 12.1 Å². The highest BCUT2D eigenvalue weighted by molar-refractivity contribution is 7.12. The fraction of sp³-hybridized carbons (Fsp3) is 0.190. The van der Waals surface area contributed by atoms with Crippen molar-refractivity contribution in [2.45, 2.75) is 26.5 Å². The number of aromatic nitrogens is 3. The summed E-state index contributed by atoms with van der Waals surface area (Å²) in [6, 6.07) is 13.4. The molecule has 4 aromatic rings. The van der Waals surface area contributed by atoms with E-state index in [1.807, 2.05) is 67.9 Å². The third-order valence-electron chi connectivity index (χ3n) is 4.23. The Bertz CT molecular complexity index is 1160. The molecule has 0 fully saturated rings. The van der Waals surface area contributed by atoms with E-state index in [2.05, 4.69) is 15.4 Å². The normalized spacial score (nSPS) is 11.1. The van der Waals surface area contributed by atoms with Crippen LogP contribution in [0.2, 0.25) is 0 Å². The second kappa shape index (κ2) is 7.92. The molecule has 3 N–H and O–H groups in total. The van der Waals surface area contributed by atoms with Crippen LogP contribution >= 0.6 is 11.3 Å². The number of nitrogens with two attached hydrogens (primary N) is 1. The Hall–Kier alpha value is -3.39. The molecule has 0 spiro atoms. The molecule has 0 aliphatic carbocycles. The van der Waals surface area contributed by atoms with Gasteiger partial charge in [-0.2, -0.15) is 4.98 Å². The minimum Gasteiger partial charge on any atom is -0.491 e. The molecular formula is C21H21N5O2S. The molecule has 0 unspecified atom stereocenters. The van der Waals surface area contributed by atoms with Gasteiger partial charge >= 0.3 is 0 Å². The van der Waals surface area contributed by atoms with Gasteiger partial charge in [0.05, 0.1) is 11.0 Å². The van der Waals surface area contributed by atoms with Crippen LogP contribution in [-0.2, 0) is 6.54 Å². The van der Waals surface area contributed by atoms with Crippen molar-refractivity contribution in [3.63, 3.8) is 0 Å². The number of ether oxygens (including phenoxy) is 1. The van der Waals surface area contributed by atoms with Gasteiger partial charge in [-0.25, -0.2) is 4.52 Å². The Balaban J connectivity index is 1.44. The van der Waals surface area contributed by atoms with Crippen LogP contribution in [0.5, 0.6) is 5.75 Å². The number of nitrogens with zero attached hydrogens (tertiary/aromatic N) is 3. The summed E-state index contributed by atoms with van der Waals surface area (Å²) in [5.74, 6) is 0.923. The molecule has 0 radical (unpaired) electrons. The van der Waals surface area contributed by atoms with E-state index in [1.165, 1.54) is 11.3 Å². The van der Waals surface area contributed by atoms with Crippen LogP contribution in [0.15, 0.2) is 54.0 Å². The molecule has 4 rings (SSSR count). The number of rotatable bonds is 6. The van der Waals surface area contributed by atoms with Gasteiger partial charge in [0, 0.05) is 18.3 Å². The minimum atomic E-state index is -0.109. The summed E-state index contributed by atoms with van der Waals surface area (Å²) in [4.78, 5) is 17.3. The Morgan fingerprint density at radius 3 is 2.93 bits per heavy atom. The summed E-state index contributed by atoms with van der Waals surface area (Å²) < 4.78 is 7.33. The Labute approximate surface area is 172 Å². The van der Waals surface area contributed by atoms with Gasteiger partial charge in [-0.3, -0.25) is 4.79 Å². The predicted octanol–water partition coefficient (Wildman–Crippen LogP) is 3.76. The molecular weight excluding hydrogens is 386 g/mol. The number of anilines is 1. The monoisotopic (exact) mass is 407 g/mol. The van der Waals surface area contributed by atoms with Gasteiger partial charge in [-0.15, -0.1) is 16.4 Å². The van der Waals surface area contributed by atoms with E-state index in [-0.39, 0.29) is 18.0 Å². The van der Waals surface area contributed by atoms with Crippen molar-refractivity contribution < 1.29 is 9.53 Å². The van der Waals surface area contributed by atoms with Crippen LogP contribution < -0.4 is 15.8 Å². The molecule has 148 valence electrons. The lowest BCUT2D eigenvalue weighted by molar-refractivity contribution is 0.0955. The summed E-state index contributed by atoms with van der Waals surface area (Å²) in [6.45, 7) is 4.41. The maximum absolute atomic E-state index is 12.6. The molecule has 8 heteroatoms. The first-order valence-corrected chi connectivity index (χ1v) is 10.1. The zero-order valence-corrected chi connectivity index (χ0v) is 16.9. The number of nitrogen functional groups attached to an aromatic ring is 1. The summed E-state index contributed by atoms with van der Waals surface area (Å²) in [7, 11) is 0. The maximum Gasteiger partial charge on any atom is 0.261 e. The first-order valence-electron chi connectivity index (χ1n) is 9.22. The van der Waals surface area contributed by atoms with E-state index in [9.17, 15) is 4.79 Å². The van der Waals surface area contributed by atoms with Crippen molar-refractivity contribution in [1.82, 2.24) is 19.9 Å². The number of fused-ring (bicyclic) bond motifs is 1. The van der Waals surface area contributed by atoms with Crippen LogP contribution in [0.4, 0.5) is 5.95 Å². The van der Waals surface area contributed by atoms with Crippen LogP contribution in [-0.4, -0.2) is 26.6 Å². The molecule has 1 amide bonds. The third-order valence-corrected chi connectivity index (χ3v) is 5.16. The average molecular weight is 407 g/mol. The molecule has 0 aliphatic heterocycles. The van der Waals surface area contributed by atoms with Crippen molar-refractivity contribution in [3.05, 3.63) is 64.5 Å². The van der Waals surface area contributed by atoms with Gasteiger partial charge in [0.1, 0.15) is 5.75 Å². The number of thiophene rings is 1.